The first-order chi connectivity index (χ1) is 7.29. The Balaban J connectivity index is 2.39. The lowest BCUT2D eigenvalue weighted by Gasteiger charge is -2.14. The molecule has 1 heterocycles. The van der Waals surface area contributed by atoms with E-state index in [2.05, 4.69) is 5.32 Å². The lowest BCUT2D eigenvalue weighted by atomic mass is 10.1. The number of thiophene rings is 1. The van der Waals surface area contributed by atoms with E-state index in [1.165, 1.54) is 4.88 Å². The molecule has 1 atom stereocenters. The predicted molar refractivity (Wildman–Crippen MR) is 66.9 cm³/mol. The van der Waals surface area contributed by atoms with Crippen molar-refractivity contribution < 1.29 is 4.74 Å². The monoisotopic (exact) mass is 247 g/mol. The summed E-state index contributed by atoms with van der Waals surface area (Å²) in [6.07, 6.45) is 2.13. The molecule has 1 aromatic rings. The van der Waals surface area contributed by atoms with Crippen molar-refractivity contribution in [3.05, 3.63) is 21.3 Å². The molecule has 1 rings (SSSR count). The zero-order valence-electron chi connectivity index (χ0n) is 9.25. The van der Waals surface area contributed by atoms with Crippen molar-refractivity contribution in [2.75, 3.05) is 20.3 Å². The van der Waals surface area contributed by atoms with Gasteiger partial charge in [0.2, 0.25) is 0 Å². The van der Waals surface area contributed by atoms with Crippen molar-refractivity contribution in [1.82, 2.24) is 5.32 Å². The SMILES string of the molecule is CCOCCCC(NC)c1sccc1Cl. The third kappa shape index (κ3) is 4.11. The van der Waals surface area contributed by atoms with Gasteiger partial charge in [0.1, 0.15) is 0 Å². The normalized spacial score (nSPS) is 13.0. The highest BCUT2D eigenvalue weighted by Gasteiger charge is 2.13. The van der Waals surface area contributed by atoms with Gasteiger partial charge < -0.3 is 10.1 Å². The number of hydrogen-bond donors (Lipinski definition) is 1. The molecule has 0 saturated heterocycles. The van der Waals surface area contributed by atoms with Crippen LogP contribution in [0.3, 0.4) is 0 Å². The fourth-order valence-corrected chi connectivity index (χ4v) is 2.83. The summed E-state index contributed by atoms with van der Waals surface area (Å²) in [5, 5.41) is 6.20. The Labute approximate surface area is 101 Å². The van der Waals surface area contributed by atoms with E-state index in [9.17, 15) is 0 Å². The molecule has 1 N–H and O–H groups in total. The summed E-state index contributed by atoms with van der Waals surface area (Å²) in [6.45, 7) is 3.65. The van der Waals surface area contributed by atoms with Crippen LogP contribution in [0.1, 0.15) is 30.7 Å². The maximum absolute atomic E-state index is 6.09. The molecule has 0 bridgehead atoms. The summed E-state index contributed by atoms with van der Waals surface area (Å²) < 4.78 is 5.32. The maximum atomic E-state index is 6.09. The van der Waals surface area contributed by atoms with E-state index in [4.69, 9.17) is 16.3 Å². The Morgan fingerprint density at radius 3 is 2.93 bits per heavy atom. The summed E-state index contributed by atoms with van der Waals surface area (Å²) in [6, 6.07) is 2.31. The van der Waals surface area contributed by atoms with Crippen molar-refractivity contribution in [1.29, 1.82) is 0 Å². The van der Waals surface area contributed by atoms with Crippen LogP contribution in [0.5, 0.6) is 0 Å². The molecule has 0 aliphatic carbocycles. The van der Waals surface area contributed by atoms with Crippen LogP contribution in [0.15, 0.2) is 11.4 Å². The Morgan fingerprint density at radius 1 is 1.60 bits per heavy atom. The first kappa shape index (κ1) is 13.0. The first-order valence-electron chi connectivity index (χ1n) is 5.27. The molecule has 0 aromatic carbocycles. The van der Waals surface area contributed by atoms with Gasteiger partial charge in [-0.1, -0.05) is 11.6 Å². The fourth-order valence-electron chi connectivity index (χ4n) is 1.49. The van der Waals surface area contributed by atoms with Gasteiger partial charge in [-0.25, -0.2) is 0 Å². The second-order valence-corrected chi connectivity index (χ2v) is 4.67. The number of halogens is 1. The van der Waals surface area contributed by atoms with Gasteiger partial charge in [0.05, 0.1) is 5.02 Å². The Kier molecular flexibility index (Phi) is 6.25. The van der Waals surface area contributed by atoms with Gasteiger partial charge in [-0.05, 0) is 38.3 Å². The van der Waals surface area contributed by atoms with Gasteiger partial charge in [-0.3, -0.25) is 0 Å². The molecule has 2 nitrogen and oxygen atoms in total. The summed E-state index contributed by atoms with van der Waals surface area (Å²) in [7, 11) is 1.97. The second kappa shape index (κ2) is 7.23. The lowest BCUT2D eigenvalue weighted by molar-refractivity contribution is 0.141. The molecule has 4 heteroatoms. The van der Waals surface area contributed by atoms with Gasteiger partial charge in [-0.15, -0.1) is 11.3 Å². The van der Waals surface area contributed by atoms with Crippen LogP contribution in [0.4, 0.5) is 0 Å². The van der Waals surface area contributed by atoms with E-state index in [-0.39, 0.29) is 0 Å². The third-order valence-corrected chi connectivity index (χ3v) is 3.77. The van der Waals surface area contributed by atoms with E-state index in [1.807, 2.05) is 25.4 Å². The predicted octanol–water partition coefficient (Wildman–Crippen LogP) is 3.48. The van der Waals surface area contributed by atoms with E-state index in [1.54, 1.807) is 11.3 Å². The van der Waals surface area contributed by atoms with E-state index in [0.29, 0.717) is 6.04 Å². The second-order valence-electron chi connectivity index (χ2n) is 3.31. The minimum atomic E-state index is 0.359. The summed E-state index contributed by atoms with van der Waals surface area (Å²) in [5.41, 5.74) is 0. The molecule has 0 fully saturated rings. The van der Waals surface area contributed by atoms with Crippen LogP contribution >= 0.6 is 22.9 Å². The van der Waals surface area contributed by atoms with Gasteiger partial charge in [0.25, 0.3) is 0 Å². The smallest absolute Gasteiger partial charge is 0.0561 e. The molecule has 0 radical (unpaired) electrons. The molecule has 0 saturated carbocycles. The molecule has 1 unspecified atom stereocenters. The molecular weight excluding hydrogens is 230 g/mol. The number of nitrogens with one attached hydrogen (secondary N) is 1. The lowest BCUT2D eigenvalue weighted by Crippen LogP contribution is -2.16. The molecule has 0 amide bonds. The van der Waals surface area contributed by atoms with E-state index < -0.39 is 0 Å². The fraction of sp³-hybridized carbons (Fsp3) is 0.636. The molecule has 1 aromatic heterocycles. The summed E-state index contributed by atoms with van der Waals surface area (Å²) >= 11 is 7.80. The highest BCUT2D eigenvalue weighted by atomic mass is 35.5. The first-order valence-corrected chi connectivity index (χ1v) is 6.53. The molecular formula is C11H18ClNOS. The van der Waals surface area contributed by atoms with Crippen molar-refractivity contribution in [2.45, 2.75) is 25.8 Å². The minimum absolute atomic E-state index is 0.359. The number of rotatable bonds is 7. The average molecular weight is 248 g/mol. The number of hydrogen-bond acceptors (Lipinski definition) is 3. The van der Waals surface area contributed by atoms with Crippen molar-refractivity contribution in [3.63, 3.8) is 0 Å². The molecule has 15 heavy (non-hydrogen) atoms. The van der Waals surface area contributed by atoms with Crippen molar-refractivity contribution >= 4 is 22.9 Å². The van der Waals surface area contributed by atoms with Gasteiger partial charge in [-0.2, -0.15) is 0 Å². The minimum Gasteiger partial charge on any atom is -0.382 e. The van der Waals surface area contributed by atoms with Crippen LogP contribution in [-0.2, 0) is 4.74 Å². The molecule has 0 aliphatic rings. The Bertz CT molecular complexity index is 277. The van der Waals surface area contributed by atoms with Gasteiger partial charge in [0.15, 0.2) is 0 Å². The molecule has 0 aliphatic heterocycles. The molecule has 0 spiro atoms. The van der Waals surface area contributed by atoms with Crippen LogP contribution in [0.2, 0.25) is 5.02 Å². The topological polar surface area (TPSA) is 21.3 Å². The summed E-state index contributed by atoms with van der Waals surface area (Å²) in [5.74, 6) is 0. The van der Waals surface area contributed by atoms with E-state index in [0.717, 1.165) is 31.1 Å². The third-order valence-electron chi connectivity index (χ3n) is 2.30. The highest BCUT2D eigenvalue weighted by Crippen LogP contribution is 2.30. The number of ether oxygens (including phenoxy) is 1. The zero-order valence-corrected chi connectivity index (χ0v) is 10.8. The highest BCUT2D eigenvalue weighted by molar-refractivity contribution is 7.10. The van der Waals surface area contributed by atoms with Crippen molar-refractivity contribution in [3.8, 4) is 0 Å². The van der Waals surface area contributed by atoms with Crippen LogP contribution in [0, 0.1) is 0 Å². The van der Waals surface area contributed by atoms with Crippen LogP contribution in [-0.4, -0.2) is 20.3 Å². The summed E-state index contributed by atoms with van der Waals surface area (Å²) in [4.78, 5) is 1.23. The molecule has 86 valence electrons. The Hall–Kier alpha value is -0.0900. The van der Waals surface area contributed by atoms with Gasteiger partial charge in [0, 0.05) is 24.1 Å². The maximum Gasteiger partial charge on any atom is 0.0561 e. The van der Waals surface area contributed by atoms with Crippen molar-refractivity contribution in [2.24, 2.45) is 0 Å². The van der Waals surface area contributed by atoms with E-state index >= 15 is 0 Å². The Morgan fingerprint density at radius 2 is 2.40 bits per heavy atom. The largest absolute Gasteiger partial charge is 0.382 e. The van der Waals surface area contributed by atoms with Crippen LogP contribution < -0.4 is 5.32 Å². The van der Waals surface area contributed by atoms with Gasteiger partial charge >= 0.3 is 0 Å². The quantitative estimate of drug-likeness (QED) is 0.745. The zero-order chi connectivity index (χ0) is 11.1. The standard InChI is InChI=1S/C11H18ClNOS/c1-3-14-7-4-5-10(13-2)11-9(12)6-8-15-11/h6,8,10,13H,3-5,7H2,1-2H3. The average Bonchev–Trinajstić information content (AvgIpc) is 2.65. The van der Waals surface area contributed by atoms with Crippen LogP contribution in [0.25, 0.3) is 0 Å².